The molecule has 13 nitrogen and oxygen atoms in total. The fourth-order valence-corrected chi connectivity index (χ4v) is 4.54. The third-order valence-corrected chi connectivity index (χ3v) is 7.15. The molecule has 2 rings (SSSR count). The lowest BCUT2D eigenvalue weighted by atomic mass is 9.99. The van der Waals surface area contributed by atoms with Crippen LogP contribution >= 0.6 is 0 Å². The number of carboxylic acids is 1. The van der Waals surface area contributed by atoms with Crippen molar-refractivity contribution in [3.63, 3.8) is 0 Å². The van der Waals surface area contributed by atoms with Gasteiger partial charge in [-0.15, -0.1) is 0 Å². The first kappa shape index (κ1) is 39.7. The Morgan fingerprint density at radius 2 is 1.57 bits per heavy atom. The summed E-state index contributed by atoms with van der Waals surface area (Å²) in [6.45, 7) is 1.29. The van der Waals surface area contributed by atoms with E-state index in [1.54, 1.807) is 48.6 Å². The zero-order valence-electron chi connectivity index (χ0n) is 26.5. The van der Waals surface area contributed by atoms with Crippen LogP contribution in [0, 0.1) is 0 Å². The van der Waals surface area contributed by atoms with Crippen LogP contribution in [0.5, 0.6) is 0 Å². The smallest absolute Gasteiger partial charge is 0.331 e. The number of aliphatic carboxylic acids is 1. The Kier molecular flexibility index (Phi) is 18.8. The van der Waals surface area contributed by atoms with Crippen LogP contribution in [0.25, 0.3) is 0 Å². The van der Waals surface area contributed by atoms with Gasteiger partial charge >= 0.3 is 17.9 Å². The highest BCUT2D eigenvalue weighted by Crippen LogP contribution is 2.25. The van der Waals surface area contributed by atoms with Crippen molar-refractivity contribution < 1.29 is 64.0 Å². The maximum atomic E-state index is 12.2. The number of aliphatic hydroxyl groups is 5. The van der Waals surface area contributed by atoms with Crippen LogP contribution in [0.2, 0.25) is 0 Å². The molecule has 0 bridgehead atoms. The SMILES string of the molecule is CC1CCC/C=C/C=C/C(O)CC(O)C/C=C\C=C\C(OC2OC(COC(=O)CCC(=O)O)C(O)C(O)C2O)C/C=C/C=C\C(=O)O1. The molecule has 0 amide bonds. The summed E-state index contributed by atoms with van der Waals surface area (Å²) < 4.78 is 21.9. The Bertz CT molecular complexity index is 1140. The minimum absolute atomic E-state index is 0.145. The number of hydrogen-bond donors (Lipinski definition) is 6. The van der Waals surface area contributed by atoms with Gasteiger partial charge in [0.25, 0.3) is 0 Å². The summed E-state index contributed by atoms with van der Waals surface area (Å²) in [6, 6.07) is 0. The van der Waals surface area contributed by atoms with Gasteiger partial charge in [-0.2, -0.15) is 0 Å². The van der Waals surface area contributed by atoms with Crippen LogP contribution in [0.4, 0.5) is 0 Å². The molecule has 0 aromatic carbocycles. The van der Waals surface area contributed by atoms with Crippen molar-refractivity contribution in [2.45, 2.75) is 113 Å². The molecule has 0 aromatic rings. The lowest BCUT2D eigenvalue weighted by Gasteiger charge is -2.40. The molecule has 2 heterocycles. The van der Waals surface area contributed by atoms with E-state index in [1.165, 1.54) is 12.2 Å². The third kappa shape index (κ3) is 16.8. The minimum Gasteiger partial charge on any atom is -0.481 e. The Morgan fingerprint density at radius 1 is 0.872 bits per heavy atom. The zero-order chi connectivity index (χ0) is 34.6. The molecule has 0 aromatic heterocycles. The molecule has 2 aliphatic heterocycles. The molecular weight excluding hydrogens is 616 g/mol. The van der Waals surface area contributed by atoms with E-state index in [9.17, 15) is 39.9 Å². The fourth-order valence-electron chi connectivity index (χ4n) is 4.54. The first-order valence-corrected chi connectivity index (χ1v) is 15.7. The molecule has 9 atom stereocenters. The summed E-state index contributed by atoms with van der Waals surface area (Å²) in [5.41, 5.74) is 0. The van der Waals surface area contributed by atoms with Gasteiger partial charge in [-0.3, -0.25) is 9.59 Å². The lowest BCUT2D eigenvalue weighted by molar-refractivity contribution is -0.307. The first-order chi connectivity index (χ1) is 22.5. The van der Waals surface area contributed by atoms with E-state index in [-0.39, 0.29) is 25.4 Å². The molecule has 1 saturated heterocycles. The van der Waals surface area contributed by atoms with E-state index in [0.29, 0.717) is 6.42 Å². The van der Waals surface area contributed by atoms with Crippen LogP contribution in [0.15, 0.2) is 72.9 Å². The summed E-state index contributed by atoms with van der Waals surface area (Å²) >= 11 is 0. The maximum Gasteiger partial charge on any atom is 0.331 e. The van der Waals surface area contributed by atoms with Gasteiger partial charge in [0, 0.05) is 12.5 Å². The van der Waals surface area contributed by atoms with Gasteiger partial charge in [0.05, 0.1) is 37.3 Å². The summed E-state index contributed by atoms with van der Waals surface area (Å²) in [5, 5.41) is 60.5. The van der Waals surface area contributed by atoms with Crippen LogP contribution in [-0.4, -0.2) is 110 Å². The minimum atomic E-state index is -1.70. The Morgan fingerprint density at radius 3 is 2.34 bits per heavy atom. The van der Waals surface area contributed by atoms with E-state index in [0.717, 1.165) is 12.8 Å². The molecule has 2 aliphatic rings. The van der Waals surface area contributed by atoms with Crippen molar-refractivity contribution in [1.82, 2.24) is 0 Å². The summed E-state index contributed by atoms with van der Waals surface area (Å²) in [5.74, 6) is -2.52. The topological polar surface area (TPSA) is 210 Å². The molecule has 0 aliphatic carbocycles. The number of carboxylic acid groups (broad SMARTS) is 1. The van der Waals surface area contributed by atoms with Gasteiger partial charge in [-0.1, -0.05) is 66.8 Å². The summed E-state index contributed by atoms with van der Waals surface area (Å²) in [6.07, 6.45) is 11.5. The molecule has 262 valence electrons. The first-order valence-electron chi connectivity index (χ1n) is 15.7. The van der Waals surface area contributed by atoms with Crippen LogP contribution < -0.4 is 0 Å². The largest absolute Gasteiger partial charge is 0.481 e. The number of rotatable bonds is 7. The molecular formula is C34H48O13. The number of carbonyl (C=O) groups is 3. The van der Waals surface area contributed by atoms with Crippen molar-refractivity contribution >= 4 is 17.9 Å². The van der Waals surface area contributed by atoms with Gasteiger partial charge in [0.1, 0.15) is 31.0 Å². The van der Waals surface area contributed by atoms with Gasteiger partial charge < -0.3 is 49.6 Å². The van der Waals surface area contributed by atoms with E-state index < -0.39 is 86.4 Å². The maximum absolute atomic E-state index is 12.2. The average molecular weight is 665 g/mol. The van der Waals surface area contributed by atoms with Gasteiger partial charge in [-0.05, 0) is 39.0 Å². The van der Waals surface area contributed by atoms with E-state index in [4.69, 9.17) is 24.1 Å². The number of cyclic esters (lactones) is 1. The van der Waals surface area contributed by atoms with Crippen LogP contribution in [0.3, 0.4) is 0 Å². The highest BCUT2D eigenvalue weighted by molar-refractivity contribution is 5.82. The predicted octanol–water partition coefficient (Wildman–Crippen LogP) is 1.93. The van der Waals surface area contributed by atoms with Crippen LogP contribution in [0.1, 0.15) is 58.3 Å². The molecule has 13 heteroatoms. The van der Waals surface area contributed by atoms with Gasteiger partial charge in [0.2, 0.25) is 0 Å². The number of esters is 2. The van der Waals surface area contributed by atoms with Crippen molar-refractivity contribution in [3.8, 4) is 0 Å². The summed E-state index contributed by atoms with van der Waals surface area (Å²) in [4.78, 5) is 34.7. The highest BCUT2D eigenvalue weighted by Gasteiger charge is 2.45. The second-order valence-corrected chi connectivity index (χ2v) is 11.3. The van der Waals surface area contributed by atoms with Crippen molar-refractivity contribution in [2.75, 3.05) is 6.61 Å². The van der Waals surface area contributed by atoms with E-state index in [2.05, 4.69) is 0 Å². The average Bonchev–Trinajstić information content (AvgIpc) is 3.01. The molecule has 6 N–H and O–H groups in total. The molecule has 47 heavy (non-hydrogen) atoms. The number of hydrogen-bond acceptors (Lipinski definition) is 12. The van der Waals surface area contributed by atoms with Gasteiger partial charge in [0.15, 0.2) is 6.29 Å². The molecule has 9 unspecified atom stereocenters. The number of aliphatic hydroxyl groups excluding tert-OH is 5. The number of ether oxygens (including phenoxy) is 4. The van der Waals surface area contributed by atoms with Crippen molar-refractivity contribution in [1.29, 1.82) is 0 Å². The second-order valence-electron chi connectivity index (χ2n) is 11.3. The van der Waals surface area contributed by atoms with Crippen molar-refractivity contribution in [2.24, 2.45) is 0 Å². The normalized spacial score (nSPS) is 36.0. The highest BCUT2D eigenvalue weighted by atomic mass is 16.7. The molecule has 0 saturated carbocycles. The van der Waals surface area contributed by atoms with E-state index >= 15 is 0 Å². The molecule has 0 spiro atoms. The lowest BCUT2D eigenvalue weighted by Crippen LogP contribution is -2.59. The number of carbonyl (C=O) groups excluding carboxylic acids is 2. The monoisotopic (exact) mass is 664 g/mol. The van der Waals surface area contributed by atoms with Crippen LogP contribution in [-0.2, 0) is 33.3 Å². The molecule has 1 fully saturated rings. The Hall–Kier alpha value is -3.43. The van der Waals surface area contributed by atoms with Gasteiger partial charge in [-0.25, -0.2) is 4.79 Å². The predicted molar refractivity (Wildman–Crippen MR) is 169 cm³/mol. The molecule has 0 radical (unpaired) electrons. The van der Waals surface area contributed by atoms with E-state index in [1.807, 2.05) is 19.1 Å². The Labute approximate surface area is 274 Å². The number of allylic oxidation sites excluding steroid dienone is 7. The Balaban J connectivity index is 2.14. The fraction of sp³-hybridized carbons (Fsp3) is 0.559. The second kappa shape index (κ2) is 22.2. The zero-order valence-corrected chi connectivity index (χ0v) is 26.5. The standard InChI is InChI=1S/C34H48O13/c1-23-13-7-3-2-4-8-14-24(35)21-25(36)15-9-5-10-16-26(17-11-6-12-18-30(40)45-23)46-34-33(43)32(42)31(41)27(47-34)22-44-29(39)20-19-28(37)38/h2,4-6,8-12,14,16,18,23-27,31-36,41-43H,3,7,13,15,17,19-22H2,1H3,(H,37,38)/b4-2+,9-5-,11-6+,14-8+,16-10+,18-12-. The quantitative estimate of drug-likeness (QED) is 0.215. The van der Waals surface area contributed by atoms with Crippen molar-refractivity contribution in [3.05, 3.63) is 72.9 Å². The third-order valence-electron chi connectivity index (χ3n) is 7.15. The summed E-state index contributed by atoms with van der Waals surface area (Å²) in [7, 11) is 0.